The van der Waals surface area contributed by atoms with Crippen molar-refractivity contribution in [3.8, 4) is 0 Å². The van der Waals surface area contributed by atoms with Gasteiger partial charge in [-0.15, -0.1) is 0 Å². The van der Waals surface area contributed by atoms with E-state index in [0.717, 1.165) is 0 Å². The molecule has 15 unspecified atom stereocenters. The Hall–Kier alpha value is -4.10. The quantitative estimate of drug-likeness (QED) is 0.0921. The minimum atomic E-state index is -2.80. The number of rotatable bonds is 11. The maximum absolute atomic E-state index is 10.9. The molecule has 2 bridgehead atoms. The standard InChI is InChI=1S/C36H60O30/c37-6-1-12-18(43)24(49)31(55)61-13(2-7-38)19(44)26(51)33(57)63-15(4-9-40)21(46)28(53)35(59)66-30-17(11-42)65-36(29(54)23(30)48)64-16(5-10-41)22(47)27(52)34(58)62-14(3-8-39)20(45)25(50)32(56)60-12/h12-17,23,29-59H,1-11H2/b24-18+,25-20+,26-19+,27-22?,28-21+. The van der Waals surface area contributed by atoms with Gasteiger partial charge in [0.05, 0.1) is 6.61 Å². The van der Waals surface area contributed by atoms with E-state index in [0.29, 0.717) is 0 Å². The lowest BCUT2D eigenvalue weighted by molar-refractivity contribution is -0.329. The first-order chi connectivity index (χ1) is 31.1. The molecule has 3 rings (SSSR count). The first-order valence-electron chi connectivity index (χ1n) is 19.7. The molecule has 384 valence electrons. The zero-order valence-electron chi connectivity index (χ0n) is 34.6. The lowest BCUT2D eigenvalue weighted by Gasteiger charge is -2.43. The number of ether oxygens (including phenoxy) is 7. The molecular weight excluding hydrogens is 912 g/mol. The average Bonchev–Trinajstić information content (AvgIpc) is 3.29. The van der Waals surface area contributed by atoms with Crippen LogP contribution in [-0.2, 0) is 33.2 Å². The minimum absolute atomic E-state index is 0.710. The lowest BCUT2D eigenvalue weighted by Crippen LogP contribution is -2.61. The van der Waals surface area contributed by atoms with Crippen molar-refractivity contribution in [2.45, 2.75) is 125 Å². The molecule has 0 radical (unpaired) electrons. The van der Waals surface area contributed by atoms with Crippen molar-refractivity contribution in [3.05, 3.63) is 57.6 Å². The monoisotopic (exact) mass is 972 g/mol. The number of fused-ring (bicyclic) bond motifs is 22. The fraction of sp³-hybridized carbons (Fsp3) is 0.722. The van der Waals surface area contributed by atoms with Crippen LogP contribution in [0.4, 0.5) is 0 Å². The van der Waals surface area contributed by atoms with Crippen LogP contribution < -0.4 is 0 Å². The third-order valence-electron chi connectivity index (χ3n) is 9.54. The SMILES string of the molecule is OCCC1OC2OC(CO)C(OC(O)/C(O)=C(\O)C(CCO)OC(O)/C(O)=C(\O)C(CCO)OC(O)/C(O)=C(\O)C(CCO)OC(O)/C(O)=C(\O)C(CCO)OC(O)C(O)=C1O)C(O)C2O. The van der Waals surface area contributed by atoms with Crippen molar-refractivity contribution in [2.24, 2.45) is 0 Å². The summed E-state index contributed by atoms with van der Waals surface area (Å²) in [6, 6.07) is 0. The molecule has 30 heteroatoms. The van der Waals surface area contributed by atoms with Gasteiger partial charge in [0.15, 0.2) is 63.9 Å². The zero-order valence-corrected chi connectivity index (χ0v) is 34.6. The van der Waals surface area contributed by atoms with Gasteiger partial charge in [0.1, 0.15) is 54.9 Å². The topological polar surface area (TPSA) is 530 Å². The maximum atomic E-state index is 10.9. The first kappa shape index (κ1) is 58.0. The molecule has 1 saturated heterocycles. The molecular formula is C36H60O30. The van der Waals surface area contributed by atoms with Crippen LogP contribution in [-0.4, -0.2) is 250 Å². The average molecular weight is 973 g/mol. The van der Waals surface area contributed by atoms with Crippen LogP contribution >= 0.6 is 0 Å². The largest absolute Gasteiger partial charge is 0.506 e. The third kappa shape index (κ3) is 15.2. The number of aliphatic hydroxyl groups is 23. The zero-order chi connectivity index (χ0) is 50.2. The highest BCUT2D eigenvalue weighted by atomic mass is 16.7. The Balaban J connectivity index is 2.82. The van der Waals surface area contributed by atoms with Crippen molar-refractivity contribution in [1.29, 1.82) is 0 Å². The summed E-state index contributed by atoms with van der Waals surface area (Å²) >= 11 is 0. The first-order valence-corrected chi connectivity index (χ1v) is 19.7. The number of hydrogen-bond donors (Lipinski definition) is 23. The van der Waals surface area contributed by atoms with Gasteiger partial charge in [0, 0.05) is 65.1 Å². The Morgan fingerprint density at radius 2 is 0.530 bits per heavy atom. The second kappa shape index (κ2) is 27.6. The Morgan fingerprint density at radius 1 is 0.288 bits per heavy atom. The fourth-order valence-electron chi connectivity index (χ4n) is 5.98. The summed E-state index contributed by atoms with van der Waals surface area (Å²) in [5.41, 5.74) is 0. The molecule has 15 atom stereocenters. The second-order valence-electron chi connectivity index (χ2n) is 14.1. The van der Waals surface area contributed by atoms with E-state index in [2.05, 4.69) is 0 Å². The predicted octanol–water partition coefficient (Wildman–Crippen LogP) is -5.11. The molecule has 3 aliphatic rings. The van der Waals surface area contributed by atoms with Crippen LogP contribution in [0.5, 0.6) is 0 Å². The molecule has 0 spiro atoms. The summed E-state index contributed by atoms with van der Waals surface area (Å²) in [6.45, 7) is -5.77. The molecule has 0 aliphatic carbocycles. The molecule has 66 heavy (non-hydrogen) atoms. The highest BCUT2D eigenvalue weighted by Gasteiger charge is 2.48. The number of hydrogen-bond acceptors (Lipinski definition) is 30. The van der Waals surface area contributed by atoms with Crippen molar-refractivity contribution in [2.75, 3.05) is 39.6 Å². The van der Waals surface area contributed by atoms with Gasteiger partial charge in [-0.3, -0.25) is 0 Å². The summed E-state index contributed by atoms with van der Waals surface area (Å²) in [5, 5.41) is 240. The fourth-order valence-corrected chi connectivity index (χ4v) is 5.98. The Labute approximate surface area is 372 Å². The van der Waals surface area contributed by atoms with Gasteiger partial charge in [0.2, 0.25) is 31.5 Å². The lowest BCUT2D eigenvalue weighted by atomic mass is 9.98. The molecule has 3 heterocycles. The van der Waals surface area contributed by atoms with E-state index in [1.807, 2.05) is 0 Å². The van der Waals surface area contributed by atoms with Gasteiger partial charge in [-0.2, -0.15) is 0 Å². The molecule has 0 aromatic rings. The van der Waals surface area contributed by atoms with E-state index in [-0.39, 0.29) is 0 Å². The molecule has 1 fully saturated rings. The van der Waals surface area contributed by atoms with Gasteiger partial charge in [-0.1, -0.05) is 0 Å². The van der Waals surface area contributed by atoms with Crippen molar-refractivity contribution >= 4 is 0 Å². The van der Waals surface area contributed by atoms with Crippen LogP contribution in [0.15, 0.2) is 57.6 Å². The van der Waals surface area contributed by atoms with Crippen molar-refractivity contribution < 1.29 is 151 Å². The van der Waals surface area contributed by atoms with Gasteiger partial charge < -0.3 is 151 Å². The van der Waals surface area contributed by atoms with E-state index in [1.54, 1.807) is 0 Å². The molecule has 0 aromatic heterocycles. The number of aliphatic hydroxyl groups excluding tert-OH is 23. The molecule has 0 saturated carbocycles. The third-order valence-corrected chi connectivity index (χ3v) is 9.54. The summed E-state index contributed by atoms with van der Waals surface area (Å²) in [6.07, 6.45) is -39.1. The summed E-state index contributed by atoms with van der Waals surface area (Å²) < 4.78 is 36.0. The van der Waals surface area contributed by atoms with E-state index >= 15 is 0 Å². The Kier molecular flexibility index (Phi) is 24.3. The van der Waals surface area contributed by atoms with Gasteiger partial charge in [0.25, 0.3) is 0 Å². The maximum Gasteiger partial charge on any atom is 0.218 e. The second-order valence-corrected chi connectivity index (χ2v) is 14.1. The van der Waals surface area contributed by atoms with Gasteiger partial charge >= 0.3 is 0 Å². The van der Waals surface area contributed by atoms with E-state index < -0.39 is 222 Å². The van der Waals surface area contributed by atoms with E-state index in [4.69, 9.17) is 33.2 Å². The van der Waals surface area contributed by atoms with Crippen LogP contribution in [0, 0.1) is 0 Å². The Bertz CT molecular complexity index is 1650. The normalized spacial score (nSPS) is 39.8. The minimum Gasteiger partial charge on any atom is -0.506 e. The summed E-state index contributed by atoms with van der Waals surface area (Å²) in [4.78, 5) is 0. The summed E-state index contributed by atoms with van der Waals surface area (Å²) in [7, 11) is 0. The molecule has 3 aliphatic heterocycles. The van der Waals surface area contributed by atoms with Crippen LogP contribution in [0.3, 0.4) is 0 Å². The summed E-state index contributed by atoms with van der Waals surface area (Å²) in [5.74, 6) is -15.3. The van der Waals surface area contributed by atoms with E-state index in [9.17, 15) is 117 Å². The van der Waals surface area contributed by atoms with E-state index in [1.165, 1.54) is 0 Å². The van der Waals surface area contributed by atoms with Crippen LogP contribution in [0.25, 0.3) is 0 Å². The molecule has 30 nitrogen and oxygen atoms in total. The highest BCUT2D eigenvalue weighted by Crippen LogP contribution is 2.31. The van der Waals surface area contributed by atoms with Crippen LogP contribution in [0.2, 0.25) is 0 Å². The molecule has 23 N–H and O–H groups in total. The van der Waals surface area contributed by atoms with Crippen molar-refractivity contribution in [1.82, 2.24) is 0 Å². The smallest absolute Gasteiger partial charge is 0.218 e. The Morgan fingerprint density at radius 3 is 0.773 bits per heavy atom. The van der Waals surface area contributed by atoms with Gasteiger partial charge in [-0.25, -0.2) is 0 Å². The van der Waals surface area contributed by atoms with Crippen molar-refractivity contribution in [3.63, 3.8) is 0 Å². The molecule has 0 amide bonds. The highest BCUT2D eigenvalue weighted by molar-refractivity contribution is 5.14. The molecule has 0 aromatic carbocycles. The van der Waals surface area contributed by atoms with Crippen LogP contribution in [0.1, 0.15) is 32.1 Å². The predicted molar refractivity (Wildman–Crippen MR) is 207 cm³/mol. The van der Waals surface area contributed by atoms with Gasteiger partial charge in [-0.05, 0) is 0 Å².